The van der Waals surface area contributed by atoms with Gasteiger partial charge in [-0.25, -0.2) is 0 Å². The van der Waals surface area contributed by atoms with Crippen LogP contribution in [0.5, 0.6) is 5.75 Å². The lowest BCUT2D eigenvalue weighted by atomic mass is 10.1. The van der Waals surface area contributed by atoms with Crippen LogP contribution in [0, 0.1) is 0 Å². The van der Waals surface area contributed by atoms with Crippen LogP contribution in [-0.2, 0) is 6.54 Å². The van der Waals surface area contributed by atoms with Gasteiger partial charge in [0.25, 0.3) is 11.5 Å². The number of hydrogen-bond acceptors (Lipinski definition) is 4. The maximum absolute atomic E-state index is 13.2. The van der Waals surface area contributed by atoms with Gasteiger partial charge in [-0.3, -0.25) is 9.59 Å². The molecule has 1 heterocycles. The molecule has 7 nitrogen and oxygen atoms in total. The molecule has 34 heavy (non-hydrogen) atoms. The van der Waals surface area contributed by atoms with Gasteiger partial charge in [0.2, 0.25) is 0 Å². The molecule has 0 aliphatic rings. The minimum absolute atomic E-state index is 0.214. The fourth-order valence-corrected chi connectivity index (χ4v) is 4.03. The zero-order chi connectivity index (χ0) is 23.9. The highest BCUT2D eigenvalue weighted by Gasteiger charge is 2.18. The van der Waals surface area contributed by atoms with Crippen LogP contribution >= 0.6 is 0 Å². The largest absolute Gasteiger partial charge is 0.494 e. The molecule has 0 spiro atoms. The van der Waals surface area contributed by atoms with E-state index in [1.807, 2.05) is 24.3 Å². The maximum Gasteiger partial charge on any atom is 0.279 e. The number of carbonyl (C=O) groups is 1. The Labute approximate surface area is 198 Å². The third kappa shape index (κ3) is 5.15. The van der Waals surface area contributed by atoms with Gasteiger partial charge < -0.3 is 15.0 Å². The summed E-state index contributed by atoms with van der Waals surface area (Å²) in [5.74, 6) is 0.198. The van der Waals surface area contributed by atoms with Crippen molar-refractivity contribution in [2.75, 3.05) is 27.2 Å². The van der Waals surface area contributed by atoms with E-state index in [2.05, 4.69) is 29.6 Å². The summed E-state index contributed by atoms with van der Waals surface area (Å²) in [6.45, 7) is 2.38. The van der Waals surface area contributed by atoms with Gasteiger partial charge in [-0.05, 0) is 18.2 Å². The minimum atomic E-state index is -0.305. The van der Waals surface area contributed by atoms with E-state index in [9.17, 15) is 9.59 Å². The van der Waals surface area contributed by atoms with Crippen LogP contribution in [0.3, 0.4) is 0 Å². The number of fused-ring (bicyclic) bond motifs is 1. The minimum Gasteiger partial charge on any atom is -0.494 e. The van der Waals surface area contributed by atoms with Crippen molar-refractivity contribution in [3.8, 4) is 11.4 Å². The normalized spacial score (nSPS) is 11.8. The molecule has 1 unspecified atom stereocenters. The predicted molar refractivity (Wildman–Crippen MR) is 133 cm³/mol. The first-order valence-electron chi connectivity index (χ1n) is 11.4. The summed E-state index contributed by atoms with van der Waals surface area (Å²) in [5.41, 5.74) is 1.69. The number of aromatic nitrogens is 2. The number of carbonyl (C=O) groups excluding carboxylic acids is 1. The number of quaternary nitrogens is 1. The quantitative estimate of drug-likeness (QED) is 0.378. The number of hydrogen-bond donors (Lipinski definition) is 2. The molecule has 0 aliphatic carbocycles. The van der Waals surface area contributed by atoms with Crippen molar-refractivity contribution < 1.29 is 14.4 Å². The summed E-state index contributed by atoms with van der Waals surface area (Å²) in [7, 11) is 3.68. The molecule has 1 atom stereocenters. The molecular weight excluding hydrogens is 428 g/mol. The predicted octanol–water partition coefficient (Wildman–Crippen LogP) is 2.23. The standard InChI is InChI=1S/C27H28N4O3/c1-30(19-20-11-4-3-5-12-20)18-10-17-28-26(32)25-21-13-6-7-14-22(21)27(33)31(29-25)23-15-8-9-16-24(23)34-2/h3-9,11-16H,10,17-19H2,1-2H3,(H,28,32)/p+1. The van der Waals surface area contributed by atoms with E-state index < -0.39 is 0 Å². The van der Waals surface area contributed by atoms with Gasteiger partial charge in [0.05, 0.1) is 26.1 Å². The Morgan fingerprint density at radius 1 is 0.971 bits per heavy atom. The van der Waals surface area contributed by atoms with Crippen LogP contribution in [0.1, 0.15) is 22.5 Å². The Hall–Kier alpha value is -3.97. The van der Waals surface area contributed by atoms with Crippen LogP contribution in [0.25, 0.3) is 16.5 Å². The molecule has 0 saturated carbocycles. The molecular formula is C27H29N4O3+. The third-order valence-electron chi connectivity index (χ3n) is 5.75. The fraction of sp³-hybridized carbons (Fsp3) is 0.222. The van der Waals surface area contributed by atoms with Gasteiger partial charge in [0, 0.05) is 23.9 Å². The summed E-state index contributed by atoms with van der Waals surface area (Å²) < 4.78 is 6.65. The number of nitrogens with one attached hydrogen (secondary N) is 2. The summed E-state index contributed by atoms with van der Waals surface area (Å²) in [5, 5.41) is 8.39. The fourth-order valence-electron chi connectivity index (χ4n) is 4.03. The molecule has 2 N–H and O–H groups in total. The second-order valence-electron chi connectivity index (χ2n) is 8.26. The second-order valence-corrected chi connectivity index (χ2v) is 8.26. The highest BCUT2D eigenvalue weighted by atomic mass is 16.5. The molecule has 1 amide bonds. The van der Waals surface area contributed by atoms with Crippen molar-refractivity contribution in [1.29, 1.82) is 0 Å². The van der Waals surface area contributed by atoms with Crippen LogP contribution in [0.2, 0.25) is 0 Å². The molecule has 4 rings (SSSR count). The van der Waals surface area contributed by atoms with Gasteiger partial charge in [-0.2, -0.15) is 9.78 Å². The lowest BCUT2D eigenvalue weighted by Gasteiger charge is -2.15. The molecule has 174 valence electrons. The molecule has 7 heteroatoms. The van der Waals surface area contributed by atoms with Crippen molar-refractivity contribution in [1.82, 2.24) is 15.1 Å². The highest BCUT2D eigenvalue weighted by Crippen LogP contribution is 2.22. The number of amides is 1. The van der Waals surface area contributed by atoms with Gasteiger partial charge in [0.1, 0.15) is 18.0 Å². The van der Waals surface area contributed by atoms with Crippen LogP contribution in [0.15, 0.2) is 83.7 Å². The number of methoxy groups -OCH3 is 1. The average Bonchev–Trinajstić information content (AvgIpc) is 2.87. The Bertz CT molecular complexity index is 1330. The molecule has 4 aromatic rings. The summed E-state index contributed by atoms with van der Waals surface area (Å²) in [4.78, 5) is 27.7. The number of rotatable bonds is 9. The number of ether oxygens (including phenoxy) is 1. The maximum atomic E-state index is 13.2. The van der Waals surface area contributed by atoms with Crippen LogP contribution in [0.4, 0.5) is 0 Å². The second kappa shape index (κ2) is 10.8. The van der Waals surface area contributed by atoms with E-state index in [1.54, 1.807) is 42.5 Å². The van der Waals surface area contributed by atoms with Crippen molar-refractivity contribution in [2.24, 2.45) is 0 Å². The zero-order valence-electron chi connectivity index (χ0n) is 19.5. The topological polar surface area (TPSA) is 77.7 Å². The summed E-state index contributed by atoms with van der Waals surface area (Å²) in [6, 6.07) is 24.5. The van der Waals surface area contributed by atoms with Gasteiger partial charge in [-0.1, -0.05) is 60.7 Å². The van der Waals surface area contributed by atoms with Gasteiger partial charge in [0.15, 0.2) is 5.69 Å². The van der Waals surface area contributed by atoms with Crippen molar-refractivity contribution >= 4 is 16.7 Å². The number of nitrogens with zero attached hydrogens (tertiary/aromatic N) is 2. The smallest absolute Gasteiger partial charge is 0.279 e. The lowest BCUT2D eigenvalue weighted by Crippen LogP contribution is -3.07. The van der Waals surface area contributed by atoms with Crippen molar-refractivity contribution in [2.45, 2.75) is 13.0 Å². The van der Waals surface area contributed by atoms with E-state index in [0.29, 0.717) is 28.8 Å². The van der Waals surface area contributed by atoms with Crippen LogP contribution in [-0.4, -0.2) is 42.9 Å². The summed E-state index contributed by atoms with van der Waals surface area (Å²) in [6.07, 6.45) is 0.828. The summed E-state index contributed by atoms with van der Waals surface area (Å²) >= 11 is 0. The Morgan fingerprint density at radius 2 is 1.65 bits per heavy atom. The Kier molecular flexibility index (Phi) is 7.34. The lowest BCUT2D eigenvalue weighted by molar-refractivity contribution is -0.893. The highest BCUT2D eigenvalue weighted by molar-refractivity contribution is 6.04. The third-order valence-corrected chi connectivity index (χ3v) is 5.75. The van der Waals surface area contributed by atoms with Gasteiger partial charge >= 0.3 is 0 Å². The SMILES string of the molecule is COc1ccccc1-n1nc(C(=O)NCCC[NH+](C)Cc2ccccc2)c2ccccc2c1=O. The number of benzene rings is 3. The first-order chi connectivity index (χ1) is 16.6. The van der Waals surface area contributed by atoms with Crippen molar-refractivity contribution in [3.05, 3.63) is 100 Å². The van der Waals surface area contributed by atoms with E-state index in [4.69, 9.17) is 4.74 Å². The van der Waals surface area contributed by atoms with E-state index in [1.165, 1.54) is 22.3 Å². The molecule has 0 saturated heterocycles. The molecule has 3 aromatic carbocycles. The van der Waals surface area contributed by atoms with Crippen molar-refractivity contribution in [3.63, 3.8) is 0 Å². The van der Waals surface area contributed by atoms with E-state index in [-0.39, 0.29) is 17.2 Å². The first-order valence-corrected chi connectivity index (χ1v) is 11.4. The number of para-hydroxylation sites is 2. The van der Waals surface area contributed by atoms with Gasteiger partial charge in [-0.15, -0.1) is 0 Å². The average molecular weight is 458 g/mol. The molecule has 1 aromatic heterocycles. The van der Waals surface area contributed by atoms with E-state index >= 15 is 0 Å². The van der Waals surface area contributed by atoms with Crippen LogP contribution < -0.4 is 20.5 Å². The Morgan fingerprint density at radius 3 is 2.41 bits per heavy atom. The zero-order valence-corrected chi connectivity index (χ0v) is 19.5. The monoisotopic (exact) mass is 457 g/mol. The molecule has 0 aliphatic heterocycles. The Balaban J connectivity index is 1.51. The van der Waals surface area contributed by atoms with E-state index in [0.717, 1.165) is 19.5 Å². The first kappa shape index (κ1) is 23.2. The molecule has 0 radical (unpaired) electrons. The molecule has 0 fully saturated rings. The molecule has 0 bridgehead atoms.